The molecule has 2 heteroatoms. The second kappa shape index (κ2) is 18.7. The van der Waals surface area contributed by atoms with E-state index in [0.29, 0.717) is 0 Å². The number of nitrogens with zero attached hydrogens (tertiary/aromatic N) is 2. The van der Waals surface area contributed by atoms with Crippen molar-refractivity contribution < 1.29 is 0 Å². The summed E-state index contributed by atoms with van der Waals surface area (Å²) < 4.78 is 0. The Bertz CT molecular complexity index is 3750. The van der Waals surface area contributed by atoms with E-state index in [4.69, 9.17) is 0 Å². The van der Waals surface area contributed by atoms with Crippen LogP contribution in [0.4, 0.5) is 34.1 Å². The molecule has 0 bridgehead atoms. The smallest absolute Gasteiger partial charge is 0.0465 e. The minimum absolute atomic E-state index is 0.147. The molecule has 2 nitrogen and oxygen atoms in total. The van der Waals surface area contributed by atoms with Crippen molar-refractivity contribution in [3.05, 3.63) is 284 Å². The molecule has 0 saturated heterocycles. The van der Waals surface area contributed by atoms with E-state index >= 15 is 0 Å². The van der Waals surface area contributed by atoms with Crippen molar-refractivity contribution in [3.63, 3.8) is 0 Å². The van der Waals surface area contributed by atoms with Gasteiger partial charge in [-0.2, -0.15) is 0 Å². The van der Waals surface area contributed by atoms with Crippen molar-refractivity contribution in [3.8, 4) is 33.4 Å². The molecule has 0 radical (unpaired) electrons. The van der Waals surface area contributed by atoms with Gasteiger partial charge in [0.15, 0.2) is 0 Å². The van der Waals surface area contributed by atoms with Gasteiger partial charge in [0.05, 0.1) is 0 Å². The van der Waals surface area contributed by atoms with Gasteiger partial charge in [0.25, 0.3) is 0 Å². The van der Waals surface area contributed by atoms with Crippen molar-refractivity contribution in [2.75, 3.05) is 9.80 Å². The van der Waals surface area contributed by atoms with Crippen LogP contribution in [0.15, 0.2) is 206 Å². The van der Waals surface area contributed by atoms with Gasteiger partial charge in [-0.25, -0.2) is 0 Å². The first-order chi connectivity index (χ1) is 38.0. The maximum atomic E-state index is 2.42. The zero-order valence-electron chi connectivity index (χ0n) is 47.3. The summed E-state index contributed by atoms with van der Waals surface area (Å²) in [5.41, 5.74) is 32.5. The van der Waals surface area contributed by atoms with Crippen LogP contribution in [0.1, 0.15) is 119 Å². The first kappa shape index (κ1) is 49.8. The Balaban J connectivity index is 0.729. The Kier molecular flexibility index (Phi) is 11.8. The lowest BCUT2D eigenvalue weighted by Crippen LogP contribution is -2.16. The zero-order valence-corrected chi connectivity index (χ0v) is 47.3. The van der Waals surface area contributed by atoms with Crippen LogP contribution in [0.5, 0.6) is 0 Å². The molecule has 0 unspecified atom stereocenters. The number of rotatable bonds is 10. The minimum atomic E-state index is -0.168. The average Bonchev–Trinajstić information content (AvgIpc) is 4.06. The molecule has 0 saturated carbocycles. The molecular formula is C77H68N2. The largest absolute Gasteiger partial charge is 0.310 e. The number of fused-ring (bicyclic) bond motifs is 9. The zero-order chi connectivity index (χ0) is 54.5. The molecule has 0 heterocycles. The van der Waals surface area contributed by atoms with Crippen LogP contribution in [0.25, 0.3) is 57.7 Å². The Morgan fingerprint density at radius 1 is 0.228 bits per heavy atom. The fourth-order valence-corrected chi connectivity index (χ4v) is 13.0. The number of benzene rings is 10. The van der Waals surface area contributed by atoms with Gasteiger partial charge in [0, 0.05) is 50.4 Å². The third kappa shape index (κ3) is 8.57. The molecule has 0 N–H and O–H groups in total. The first-order valence-corrected chi connectivity index (χ1v) is 28.1. The van der Waals surface area contributed by atoms with Crippen LogP contribution in [-0.2, 0) is 16.2 Å². The van der Waals surface area contributed by atoms with Gasteiger partial charge in [-0.1, -0.05) is 222 Å². The lowest BCUT2D eigenvalue weighted by molar-refractivity contribution is 0.660. The van der Waals surface area contributed by atoms with Crippen LogP contribution in [0.3, 0.4) is 0 Å². The van der Waals surface area contributed by atoms with E-state index in [9.17, 15) is 0 Å². The fraction of sp³-hybridized carbons (Fsp3) is 0.169. The molecule has 0 spiro atoms. The van der Waals surface area contributed by atoms with Crippen molar-refractivity contribution >= 4 is 58.4 Å². The van der Waals surface area contributed by atoms with Crippen molar-refractivity contribution in [1.82, 2.24) is 0 Å². The Hall–Kier alpha value is -8.72. The summed E-state index contributed by atoms with van der Waals surface area (Å²) in [4.78, 5) is 4.77. The molecular weight excluding hydrogens is 953 g/mol. The van der Waals surface area contributed by atoms with Gasteiger partial charge in [-0.15, -0.1) is 0 Å². The predicted molar refractivity (Wildman–Crippen MR) is 338 cm³/mol. The molecule has 3 aliphatic rings. The van der Waals surface area contributed by atoms with Gasteiger partial charge in [-0.05, 0) is 190 Å². The Morgan fingerprint density at radius 3 is 0.646 bits per heavy atom. The highest BCUT2D eigenvalue weighted by atomic mass is 15.1. The van der Waals surface area contributed by atoms with E-state index in [1.807, 2.05) is 0 Å². The minimum Gasteiger partial charge on any atom is -0.310 e. The Labute approximate surface area is 468 Å². The maximum absolute atomic E-state index is 2.42. The quantitative estimate of drug-likeness (QED) is 0.126. The molecule has 0 atom stereocenters. The highest BCUT2D eigenvalue weighted by Gasteiger charge is 2.39. The standard InChI is InChI=1S/C77H68N2/c1-49-11-27-57(28-12-49)78(58-29-13-50(2)14-30-58)61-35-41-67-65-39-25-55(45-71(65)76(7,8)73(67)47-61)21-19-53-23-37-63-64-38-24-54(44-70(64)75(5,6)69(63)43-53)20-22-56-26-40-66-68-42-36-62(48-74(68)77(9,10)72(66)46-56)79(59-31-15-51(3)16-32-59)60-33-17-52(4)18-34-60/h11-48H,1-10H3/b21-19+,22-20+. The van der Waals surface area contributed by atoms with Crippen molar-refractivity contribution in [2.24, 2.45) is 0 Å². The lowest BCUT2D eigenvalue weighted by Gasteiger charge is -2.28. The SMILES string of the molecule is Cc1ccc(N(c2ccc(C)cc2)c2ccc3c(c2)C(C)(C)c2cc(/C=C/c4ccc5c(c4)C(C)(C)c4cc(/C=C/c6ccc7c(c6)C(C)(C)c6cc(N(c8ccc(C)cc8)c8ccc(C)cc8)ccc6-7)ccc4-5)ccc2-3)cc1. The maximum Gasteiger partial charge on any atom is 0.0465 e. The van der Waals surface area contributed by atoms with Gasteiger partial charge in [-0.3, -0.25) is 0 Å². The highest BCUT2D eigenvalue weighted by Crippen LogP contribution is 2.54. The second-order valence-corrected chi connectivity index (χ2v) is 24.2. The summed E-state index contributed by atoms with van der Waals surface area (Å²) in [5.74, 6) is 0. The van der Waals surface area contributed by atoms with Gasteiger partial charge < -0.3 is 9.80 Å². The van der Waals surface area contributed by atoms with Crippen LogP contribution in [0.2, 0.25) is 0 Å². The van der Waals surface area contributed by atoms with Crippen molar-refractivity contribution in [1.29, 1.82) is 0 Å². The summed E-state index contributed by atoms with van der Waals surface area (Å²) in [6, 6.07) is 77.7. The molecule has 10 aromatic rings. The monoisotopic (exact) mass is 1020 g/mol. The molecule has 10 aromatic carbocycles. The number of anilines is 6. The molecule has 386 valence electrons. The average molecular weight is 1020 g/mol. The van der Waals surface area contributed by atoms with E-state index in [2.05, 4.69) is 310 Å². The second-order valence-electron chi connectivity index (χ2n) is 24.2. The summed E-state index contributed by atoms with van der Waals surface area (Å²) in [5, 5.41) is 0. The molecule has 0 aromatic heterocycles. The summed E-state index contributed by atoms with van der Waals surface area (Å²) >= 11 is 0. The summed E-state index contributed by atoms with van der Waals surface area (Å²) in [7, 11) is 0. The predicted octanol–water partition coefficient (Wildman–Crippen LogP) is 21.1. The van der Waals surface area contributed by atoms with Crippen LogP contribution in [0, 0.1) is 27.7 Å². The molecule has 13 rings (SSSR count). The van der Waals surface area contributed by atoms with Gasteiger partial charge in [0.2, 0.25) is 0 Å². The molecule has 3 aliphatic carbocycles. The number of hydrogen-bond acceptors (Lipinski definition) is 2. The topological polar surface area (TPSA) is 6.48 Å². The van der Waals surface area contributed by atoms with Crippen molar-refractivity contribution in [2.45, 2.75) is 85.5 Å². The summed E-state index contributed by atoms with van der Waals surface area (Å²) in [6.45, 7) is 22.9. The fourth-order valence-electron chi connectivity index (χ4n) is 13.0. The highest BCUT2D eigenvalue weighted by molar-refractivity contribution is 5.90. The third-order valence-electron chi connectivity index (χ3n) is 17.7. The molecule has 79 heavy (non-hydrogen) atoms. The van der Waals surface area contributed by atoms with E-state index in [0.717, 1.165) is 22.7 Å². The summed E-state index contributed by atoms with van der Waals surface area (Å²) in [6.07, 6.45) is 9.18. The first-order valence-electron chi connectivity index (χ1n) is 28.1. The third-order valence-corrected chi connectivity index (χ3v) is 17.7. The van der Waals surface area contributed by atoms with Gasteiger partial charge in [0.1, 0.15) is 0 Å². The lowest BCUT2D eigenvalue weighted by atomic mass is 9.81. The number of aryl methyl sites for hydroxylation is 4. The Morgan fingerprint density at radius 2 is 0.418 bits per heavy atom. The molecule has 0 aliphatic heterocycles. The van der Waals surface area contributed by atoms with E-state index in [-0.39, 0.29) is 16.2 Å². The van der Waals surface area contributed by atoms with E-state index in [1.165, 1.54) is 123 Å². The van der Waals surface area contributed by atoms with Crippen LogP contribution >= 0.6 is 0 Å². The van der Waals surface area contributed by atoms with Crippen LogP contribution in [-0.4, -0.2) is 0 Å². The van der Waals surface area contributed by atoms with Gasteiger partial charge >= 0.3 is 0 Å². The number of hydrogen-bond donors (Lipinski definition) is 0. The van der Waals surface area contributed by atoms with Crippen LogP contribution < -0.4 is 9.80 Å². The molecule has 0 fully saturated rings. The normalized spacial score (nSPS) is 14.7. The molecule has 0 amide bonds. The van der Waals surface area contributed by atoms with E-state index < -0.39 is 0 Å². The van der Waals surface area contributed by atoms with E-state index in [1.54, 1.807) is 0 Å².